The molecule has 1 heterocycles. The van der Waals surface area contributed by atoms with Gasteiger partial charge >= 0.3 is 0 Å². The Kier molecular flexibility index (Phi) is 7.06. The van der Waals surface area contributed by atoms with Crippen LogP contribution in [0.25, 0.3) is 0 Å². The first-order valence-corrected chi connectivity index (χ1v) is 8.88. The molecular weight excluding hydrogens is 296 g/mol. The SMILES string of the molecule is COc1ccc(S[C@H](C)C(=O)NCCCN2CCCC2)cc1. The lowest BCUT2D eigenvalue weighted by atomic mass is 10.3. The zero-order valence-electron chi connectivity index (χ0n) is 13.5. The highest BCUT2D eigenvalue weighted by molar-refractivity contribution is 8.00. The van der Waals surface area contributed by atoms with Gasteiger partial charge in [0.25, 0.3) is 0 Å². The third-order valence-corrected chi connectivity index (χ3v) is 5.00. The number of hydrogen-bond acceptors (Lipinski definition) is 4. The summed E-state index contributed by atoms with van der Waals surface area (Å²) in [6, 6.07) is 7.81. The molecule has 0 unspecified atom stereocenters. The first-order chi connectivity index (χ1) is 10.7. The fourth-order valence-electron chi connectivity index (χ4n) is 2.58. The van der Waals surface area contributed by atoms with E-state index >= 15 is 0 Å². The largest absolute Gasteiger partial charge is 0.497 e. The van der Waals surface area contributed by atoms with E-state index < -0.39 is 0 Å². The van der Waals surface area contributed by atoms with E-state index in [1.54, 1.807) is 18.9 Å². The van der Waals surface area contributed by atoms with Gasteiger partial charge in [0.15, 0.2) is 0 Å². The summed E-state index contributed by atoms with van der Waals surface area (Å²) in [5.74, 6) is 0.950. The number of methoxy groups -OCH3 is 1. The fraction of sp³-hybridized carbons (Fsp3) is 0.588. The van der Waals surface area contributed by atoms with Gasteiger partial charge < -0.3 is 15.0 Å². The molecular formula is C17H26N2O2S. The Bertz CT molecular complexity index is 458. The molecule has 1 atom stereocenters. The van der Waals surface area contributed by atoms with Gasteiger partial charge in [-0.05, 0) is 70.1 Å². The first-order valence-electron chi connectivity index (χ1n) is 8.00. The Labute approximate surface area is 137 Å². The molecule has 1 amide bonds. The molecule has 1 aliphatic heterocycles. The standard InChI is InChI=1S/C17H26N2O2S/c1-14(22-16-8-6-15(21-2)7-9-16)17(20)18-10-5-13-19-11-3-4-12-19/h6-9,14H,3-5,10-13H2,1-2H3,(H,18,20)/t14-/m1/s1. The van der Waals surface area contributed by atoms with Gasteiger partial charge in [-0.15, -0.1) is 11.8 Å². The highest BCUT2D eigenvalue weighted by Crippen LogP contribution is 2.25. The van der Waals surface area contributed by atoms with E-state index in [9.17, 15) is 4.79 Å². The second-order valence-corrected chi connectivity index (χ2v) is 7.04. The second-order valence-electron chi connectivity index (χ2n) is 5.63. The minimum Gasteiger partial charge on any atom is -0.497 e. The van der Waals surface area contributed by atoms with Crippen molar-refractivity contribution < 1.29 is 9.53 Å². The summed E-state index contributed by atoms with van der Waals surface area (Å²) in [6.07, 6.45) is 3.68. The van der Waals surface area contributed by atoms with Gasteiger partial charge in [0.2, 0.25) is 5.91 Å². The molecule has 5 heteroatoms. The number of amides is 1. The molecule has 2 rings (SSSR count). The number of thioether (sulfide) groups is 1. The molecule has 1 aromatic carbocycles. The lowest BCUT2D eigenvalue weighted by molar-refractivity contribution is -0.120. The van der Waals surface area contributed by atoms with Crippen LogP contribution in [-0.2, 0) is 4.79 Å². The van der Waals surface area contributed by atoms with Crippen LogP contribution < -0.4 is 10.1 Å². The van der Waals surface area contributed by atoms with Crippen molar-refractivity contribution in [2.75, 3.05) is 33.3 Å². The predicted octanol–water partition coefficient (Wildman–Crippen LogP) is 2.78. The van der Waals surface area contributed by atoms with Gasteiger partial charge in [0.1, 0.15) is 5.75 Å². The molecule has 22 heavy (non-hydrogen) atoms. The van der Waals surface area contributed by atoms with E-state index in [1.807, 2.05) is 31.2 Å². The van der Waals surface area contributed by atoms with Gasteiger partial charge in [-0.2, -0.15) is 0 Å². The van der Waals surface area contributed by atoms with E-state index in [-0.39, 0.29) is 11.2 Å². The third-order valence-electron chi connectivity index (χ3n) is 3.89. The maximum atomic E-state index is 12.1. The van der Waals surface area contributed by atoms with Crippen LogP contribution in [0.15, 0.2) is 29.2 Å². The van der Waals surface area contributed by atoms with Crippen molar-refractivity contribution in [2.24, 2.45) is 0 Å². The molecule has 1 fully saturated rings. The number of carbonyl (C=O) groups is 1. The summed E-state index contributed by atoms with van der Waals surface area (Å²) in [7, 11) is 1.65. The molecule has 0 radical (unpaired) electrons. The van der Waals surface area contributed by atoms with Crippen molar-refractivity contribution in [1.29, 1.82) is 0 Å². The van der Waals surface area contributed by atoms with Crippen molar-refractivity contribution in [3.05, 3.63) is 24.3 Å². The van der Waals surface area contributed by atoms with Crippen LogP contribution in [0.5, 0.6) is 5.75 Å². The molecule has 0 aromatic heterocycles. The number of carbonyl (C=O) groups excluding carboxylic acids is 1. The quantitative estimate of drug-likeness (QED) is 0.590. The molecule has 1 saturated heterocycles. The maximum absolute atomic E-state index is 12.1. The van der Waals surface area contributed by atoms with Crippen molar-refractivity contribution in [3.63, 3.8) is 0 Å². The monoisotopic (exact) mass is 322 g/mol. The second kappa shape index (κ2) is 9.06. The first kappa shape index (κ1) is 17.2. The Morgan fingerprint density at radius 2 is 2.00 bits per heavy atom. The molecule has 0 spiro atoms. The highest BCUT2D eigenvalue weighted by atomic mass is 32.2. The van der Waals surface area contributed by atoms with Gasteiger partial charge in [-0.25, -0.2) is 0 Å². The molecule has 1 N–H and O–H groups in total. The molecule has 0 saturated carbocycles. The number of benzene rings is 1. The number of likely N-dealkylation sites (tertiary alicyclic amines) is 1. The maximum Gasteiger partial charge on any atom is 0.233 e. The summed E-state index contributed by atoms with van der Waals surface area (Å²) in [5, 5.41) is 2.95. The van der Waals surface area contributed by atoms with E-state index in [0.29, 0.717) is 0 Å². The number of hydrogen-bond donors (Lipinski definition) is 1. The van der Waals surface area contributed by atoms with Gasteiger partial charge in [-0.3, -0.25) is 4.79 Å². The van der Waals surface area contributed by atoms with E-state index in [4.69, 9.17) is 4.74 Å². The topological polar surface area (TPSA) is 41.6 Å². The zero-order valence-corrected chi connectivity index (χ0v) is 14.3. The Morgan fingerprint density at radius 3 is 2.64 bits per heavy atom. The minimum absolute atomic E-state index is 0.0832. The smallest absolute Gasteiger partial charge is 0.233 e. The van der Waals surface area contributed by atoms with Crippen molar-refractivity contribution in [2.45, 2.75) is 36.3 Å². The Hall–Kier alpha value is -1.20. The number of nitrogens with zero attached hydrogens (tertiary/aromatic N) is 1. The number of rotatable bonds is 8. The lowest BCUT2D eigenvalue weighted by Gasteiger charge is -2.15. The normalized spacial score (nSPS) is 16.5. The summed E-state index contributed by atoms with van der Waals surface area (Å²) >= 11 is 1.58. The average Bonchev–Trinajstić information content (AvgIpc) is 3.05. The van der Waals surface area contributed by atoms with Crippen LogP contribution in [0.2, 0.25) is 0 Å². The number of nitrogens with one attached hydrogen (secondary N) is 1. The molecule has 4 nitrogen and oxygen atoms in total. The molecule has 0 bridgehead atoms. The van der Waals surface area contributed by atoms with Crippen LogP contribution >= 0.6 is 11.8 Å². The highest BCUT2D eigenvalue weighted by Gasteiger charge is 2.14. The van der Waals surface area contributed by atoms with Crippen molar-refractivity contribution >= 4 is 17.7 Å². The molecule has 1 aromatic rings. The van der Waals surface area contributed by atoms with Crippen LogP contribution in [0.1, 0.15) is 26.2 Å². The van der Waals surface area contributed by atoms with Gasteiger partial charge in [-0.1, -0.05) is 0 Å². The van der Waals surface area contributed by atoms with E-state index in [1.165, 1.54) is 25.9 Å². The number of ether oxygens (including phenoxy) is 1. The third kappa shape index (κ3) is 5.54. The summed E-state index contributed by atoms with van der Waals surface area (Å²) < 4.78 is 5.14. The van der Waals surface area contributed by atoms with Crippen LogP contribution in [0.4, 0.5) is 0 Å². The van der Waals surface area contributed by atoms with Crippen LogP contribution in [0.3, 0.4) is 0 Å². The summed E-state index contributed by atoms with van der Waals surface area (Å²) in [4.78, 5) is 15.7. The minimum atomic E-state index is -0.0832. The van der Waals surface area contributed by atoms with Gasteiger partial charge in [0.05, 0.1) is 12.4 Å². The lowest BCUT2D eigenvalue weighted by Crippen LogP contribution is -2.33. The zero-order chi connectivity index (χ0) is 15.8. The predicted molar refractivity (Wildman–Crippen MR) is 91.6 cm³/mol. The Balaban J connectivity index is 1.65. The summed E-state index contributed by atoms with van der Waals surface area (Å²) in [5.41, 5.74) is 0. The van der Waals surface area contributed by atoms with Crippen molar-refractivity contribution in [3.8, 4) is 5.75 Å². The van der Waals surface area contributed by atoms with E-state index in [0.717, 1.165) is 30.2 Å². The summed E-state index contributed by atoms with van der Waals surface area (Å²) in [6.45, 7) is 6.25. The van der Waals surface area contributed by atoms with Crippen molar-refractivity contribution in [1.82, 2.24) is 10.2 Å². The Morgan fingerprint density at radius 1 is 1.32 bits per heavy atom. The molecule has 122 valence electrons. The molecule has 1 aliphatic rings. The average molecular weight is 322 g/mol. The van der Waals surface area contributed by atoms with E-state index in [2.05, 4.69) is 10.2 Å². The van der Waals surface area contributed by atoms with Crippen LogP contribution in [0, 0.1) is 0 Å². The van der Waals surface area contributed by atoms with Crippen LogP contribution in [-0.4, -0.2) is 49.3 Å². The molecule has 0 aliphatic carbocycles. The van der Waals surface area contributed by atoms with Gasteiger partial charge in [0, 0.05) is 11.4 Å². The fourth-order valence-corrected chi connectivity index (χ4v) is 3.47.